The quantitative estimate of drug-likeness (QED) is 0.888. The predicted molar refractivity (Wildman–Crippen MR) is 73.0 cm³/mol. The molecule has 0 saturated carbocycles. The zero-order chi connectivity index (χ0) is 13.2. The number of piperidine rings is 1. The van der Waals surface area contributed by atoms with Crippen molar-refractivity contribution in [1.82, 2.24) is 4.90 Å². The number of benzene rings is 1. The molecule has 0 aromatic heterocycles. The zero-order valence-corrected chi connectivity index (χ0v) is 11.2. The van der Waals surface area contributed by atoms with Crippen LogP contribution < -0.4 is 5.73 Å². The van der Waals surface area contributed by atoms with Gasteiger partial charge in [-0.15, -0.1) is 0 Å². The molecule has 0 spiro atoms. The lowest BCUT2D eigenvalue weighted by atomic mass is 9.87. The highest BCUT2D eigenvalue weighted by molar-refractivity contribution is 5.77. The van der Waals surface area contributed by atoms with Crippen LogP contribution in [-0.4, -0.2) is 23.9 Å². The van der Waals surface area contributed by atoms with Crippen LogP contribution in [0, 0.1) is 5.92 Å². The van der Waals surface area contributed by atoms with Crippen molar-refractivity contribution in [3.05, 3.63) is 35.9 Å². The Bertz CT molecular complexity index is 414. The highest BCUT2D eigenvalue weighted by atomic mass is 16.1. The summed E-state index contributed by atoms with van der Waals surface area (Å²) in [6.07, 6.45) is 1.97. The summed E-state index contributed by atoms with van der Waals surface area (Å²) in [6, 6.07) is 10.4. The molecule has 1 aliphatic rings. The van der Waals surface area contributed by atoms with E-state index in [1.165, 1.54) is 5.56 Å². The van der Waals surface area contributed by atoms with Gasteiger partial charge >= 0.3 is 0 Å². The Morgan fingerprint density at radius 1 is 1.33 bits per heavy atom. The molecule has 1 saturated heterocycles. The molecule has 2 rings (SSSR count). The largest absolute Gasteiger partial charge is 0.369 e. The van der Waals surface area contributed by atoms with Crippen LogP contribution in [0.3, 0.4) is 0 Å². The lowest BCUT2D eigenvalue weighted by molar-refractivity contribution is -0.124. The summed E-state index contributed by atoms with van der Waals surface area (Å²) in [5, 5.41) is 0. The number of primary amides is 1. The van der Waals surface area contributed by atoms with Crippen LogP contribution in [0.4, 0.5) is 0 Å². The monoisotopic (exact) mass is 246 g/mol. The maximum Gasteiger partial charge on any atom is 0.221 e. The topological polar surface area (TPSA) is 46.3 Å². The summed E-state index contributed by atoms with van der Waals surface area (Å²) in [5.74, 6) is -0.162. The molecule has 1 heterocycles. The molecular formula is C15H22N2O. The third-order valence-electron chi connectivity index (χ3n) is 4.09. The van der Waals surface area contributed by atoms with Gasteiger partial charge in [0.1, 0.15) is 0 Å². The number of rotatable bonds is 3. The van der Waals surface area contributed by atoms with Crippen LogP contribution in [0.15, 0.2) is 30.3 Å². The number of amides is 1. The van der Waals surface area contributed by atoms with Crippen LogP contribution in [-0.2, 0) is 10.3 Å². The molecule has 1 aromatic rings. The van der Waals surface area contributed by atoms with E-state index in [-0.39, 0.29) is 17.4 Å². The Morgan fingerprint density at radius 2 is 2.00 bits per heavy atom. The maximum absolute atomic E-state index is 11.4. The van der Waals surface area contributed by atoms with Crippen LogP contribution in [0.1, 0.15) is 32.3 Å². The number of carbonyl (C=O) groups is 1. The number of likely N-dealkylation sites (tertiary alicyclic amines) is 1. The number of carbonyl (C=O) groups excluding carboxylic acids is 1. The highest BCUT2D eigenvalue weighted by Crippen LogP contribution is 2.31. The predicted octanol–water partition coefficient (Wildman–Crippen LogP) is 2.12. The molecule has 0 radical (unpaired) electrons. The number of nitrogens with two attached hydrogens (primary N) is 1. The second-order valence-corrected chi connectivity index (χ2v) is 5.61. The van der Waals surface area contributed by atoms with Gasteiger partial charge in [0.2, 0.25) is 5.91 Å². The first-order valence-corrected chi connectivity index (χ1v) is 6.61. The van der Waals surface area contributed by atoms with Gasteiger partial charge in [-0.1, -0.05) is 30.3 Å². The maximum atomic E-state index is 11.4. The summed E-state index contributed by atoms with van der Waals surface area (Å²) in [4.78, 5) is 13.7. The molecule has 1 fully saturated rings. The summed E-state index contributed by atoms with van der Waals surface area (Å²) in [5.41, 5.74) is 6.69. The molecule has 2 N–H and O–H groups in total. The highest BCUT2D eigenvalue weighted by Gasteiger charge is 2.34. The minimum absolute atomic E-state index is 0.00161. The number of nitrogens with zero attached hydrogens (tertiary/aromatic N) is 1. The van der Waals surface area contributed by atoms with E-state index in [0.717, 1.165) is 25.9 Å². The van der Waals surface area contributed by atoms with Gasteiger partial charge in [0.25, 0.3) is 0 Å². The van der Waals surface area contributed by atoms with E-state index in [1.54, 1.807) is 0 Å². The van der Waals surface area contributed by atoms with E-state index in [4.69, 9.17) is 5.73 Å². The first kappa shape index (κ1) is 13.1. The fraction of sp³-hybridized carbons (Fsp3) is 0.533. The van der Waals surface area contributed by atoms with Gasteiger partial charge in [0.15, 0.2) is 0 Å². The fourth-order valence-corrected chi connectivity index (χ4v) is 2.75. The molecule has 0 bridgehead atoms. The van der Waals surface area contributed by atoms with E-state index in [1.807, 2.05) is 6.07 Å². The SMILES string of the molecule is CC(C)(c1ccccc1)N1CCCC(C(N)=O)C1. The van der Waals surface area contributed by atoms with Crippen molar-refractivity contribution in [2.75, 3.05) is 13.1 Å². The molecule has 1 amide bonds. The van der Waals surface area contributed by atoms with Crippen LogP contribution in [0.2, 0.25) is 0 Å². The molecular weight excluding hydrogens is 224 g/mol. The van der Waals surface area contributed by atoms with Gasteiger partial charge in [-0.3, -0.25) is 9.69 Å². The van der Waals surface area contributed by atoms with Gasteiger partial charge in [-0.25, -0.2) is 0 Å². The van der Waals surface area contributed by atoms with Gasteiger partial charge in [-0.05, 0) is 38.8 Å². The van der Waals surface area contributed by atoms with E-state index < -0.39 is 0 Å². The Morgan fingerprint density at radius 3 is 2.61 bits per heavy atom. The van der Waals surface area contributed by atoms with Crippen molar-refractivity contribution in [2.24, 2.45) is 11.7 Å². The van der Waals surface area contributed by atoms with Crippen molar-refractivity contribution in [3.63, 3.8) is 0 Å². The average molecular weight is 246 g/mol. The molecule has 3 heteroatoms. The second kappa shape index (κ2) is 5.11. The normalized spacial score (nSPS) is 21.8. The fourth-order valence-electron chi connectivity index (χ4n) is 2.75. The lowest BCUT2D eigenvalue weighted by Crippen LogP contribution is -2.49. The van der Waals surface area contributed by atoms with Crippen molar-refractivity contribution >= 4 is 5.91 Å². The van der Waals surface area contributed by atoms with Crippen LogP contribution in [0.5, 0.6) is 0 Å². The molecule has 1 atom stereocenters. The Balaban J connectivity index is 2.17. The van der Waals surface area contributed by atoms with Gasteiger partial charge in [-0.2, -0.15) is 0 Å². The zero-order valence-electron chi connectivity index (χ0n) is 11.2. The second-order valence-electron chi connectivity index (χ2n) is 5.61. The van der Waals surface area contributed by atoms with Crippen LogP contribution >= 0.6 is 0 Å². The van der Waals surface area contributed by atoms with E-state index in [9.17, 15) is 4.79 Å². The summed E-state index contributed by atoms with van der Waals surface area (Å²) >= 11 is 0. The third kappa shape index (κ3) is 2.56. The first-order valence-electron chi connectivity index (χ1n) is 6.61. The minimum Gasteiger partial charge on any atom is -0.369 e. The average Bonchev–Trinajstić information content (AvgIpc) is 2.40. The van der Waals surface area contributed by atoms with Crippen molar-refractivity contribution in [3.8, 4) is 0 Å². The smallest absolute Gasteiger partial charge is 0.221 e. The molecule has 1 unspecified atom stereocenters. The lowest BCUT2D eigenvalue weighted by Gasteiger charge is -2.43. The van der Waals surface area contributed by atoms with E-state index in [0.29, 0.717) is 0 Å². The summed E-state index contributed by atoms with van der Waals surface area (Å²) in [7, 11) is 0. The summed E-state index contributed by atoms with van der Waals surface area (Å²) in [6.45, 7) is 6.24. The molecule has 98 valence electrons. The minimum atomic E-state index is -0.163. The van der Waals surface area contributed by atoms with E-state index in [2.05, 4.69) is 43.0 Å². The number of hydrogen-bond acceptors (Lipinski definition) is 2. The summed E-state index contributed by atoms with van der Waals surface area (Å²) < 4.78 is 0. The Kier molecular flexibility index (Phi) is 3.71. The molecule has 1 aromatic carbocycles. The standard InChI is InChI=1S/C15H22N2O/c1-15(2,13-8-4-3-5-9-13)17-10-6-7-12(11-17)14(16)18/h3-5,8-9,12H,6-7,10-11H2,1-2H3,(H2,16,18). The molecule has 18 heavy (non-hydrogen) atoms. The Labute approximate surface area is 109 Å². The van der Waals surface area contributed by atoms with E-state index >= 15 is 0 Å². The molecule has 0 aliphatic carbocycles. The first-order chi connectivity index (χ1) is 8.51. The van der Waals surface area contributed by atoms with Gasteiger partial charge in [0.05, 0.1) is 5.92 Å². The van der Waals surface area contributed by atoms with Crippen molar-refractivity contribution < 1.29 is 4.79 Å². The van der Waals surface area contributed by atoms with Crippen molar-refractivity contribution in [1.29, 1.82) is 0 Å². The van der Waals surface area contributed by atoms with Gasteiger partial charge < -0.3 is 5.73 Å². The van der Waals surface area contributed by atoms with Gasteiger partial charge in [0, 0.05) is 12.1 Å². The Hall–Kier alpha value is -1.35. The number of hydrogen-bond donors (Lipinski definition) is 1. The van der Waals surface area contributed by atoms with Crippen LogP contribution in [0.25, 0.3) is 0 Å². The molecule has 3 nitrogen and oxygen atoms in total. The molecule has 1 aliphatic heterocycles. The van der Waals surface area contributed by atoms with Crippen molar-refractivity contribution in [2.45, 2.75) is 32.2 Å². The third-order valence-corrected chi connectivity index (χ3v) is 4.09.